The molecular formula is C14H15NO. The Morgan fingerprint density at radius 3 is 3.00 bits per heavy atom. The van der Waals surface area contributed by atoms with Gasteiger partial charge in [0.25, 0.3) is 0 Å². The Kier molecular flexibility index (Phi) is 1.93. The molecule has 2 aliphatic carbocycles. The minimum Gasteiger partial charge on any atom is -0.398 e. The minimum atomic E-state index is 0.115. The first kappa shape index (κ1) is 9.64. The van der Waals surface area contributed by atoms with Crippen molar-refractivity contribution < 1.29 is 4.79 Å². The van der Waals surface area contributed by atoms with Crippen LogP contribution in [0.3, 0.4) is 0 Å². The molecule has 16 heavy (non-hydrogen) atoms. The third-order valence-corrected chi connectivity index (χ3v) is 3.82. The lowest BCUT2D eigenvalue weighted by Crippen LogP contribution is -2.11. The Hall–Kier alpha value is -1.57. The first-order valence-corrected chi connectivity index (χ1v) is 5.84. The van der Waals surface area contributed by atoms with Crippen molar-refractivity contribution >= 4 is 17.0 Å². The van der Waals surface area contributed by atoms with E-state index >= 15 is 0 Å². The van der Waals surface area contributed by atoms with Gasteiger partial charge in [-0.15, -0.1) is 0 Å². The van der Waals surface area contributed by atoms with Crippen LogP contribution in [0.4, 0.5) is 5.69 Å². The van der Waals surface area contributed by atoms with Crippen molar-refractivity contribution in [2.45, 2.75) is 26.2 Å². The normalized spacial score (nSPS) is 22.7. The smallest absolute Gasteiger partial charge is 0.171 e. The highest BCUT2D eigenvalue weighted by atomic mass is 16.1. The van der Waals surface area contributed by atoms with Crippen molar-refractivity contribution in [1.29, 1.82) is 0 Å². The summed E-state index contributed by atoms with van der Waals surface area (Å²) in [4.78, 5) is 12.3. The second-order valence-electron chi connectivity index (χ2n) is 4.71. The standard InChI is InChI=1S/C14H15NO/c1-8-12(15)7-6-10-9-4-2-3-5-11(9)14(16)13(8)10/h4,6-7,11H,2-3,5,15H2,1H3. The number of nitrogens with two attached hydrogens (primary N) is 1. The van der Waals surface area contributed by atoms with Crippen molar-refractivity contribution in [2.24, 2.45) is 5.92 Å². The summed E-state index contributed by atoms with van der Waals surface area (Å²) in [6, 6.07) is 3.92. The predicted octanol–water partition coefficient (Wildman–Crippen LogP) is 2.96. The number of nitrogen functional groups attached to an aromatic ring is 1. The number of ketones is 1. The zero-order chi connectivity index (χ0) is 11.3. The van der Waals surface area contributed by atoms with Crippen LogP contribution in [0.5, 0.6) is 0 Å². The first-order chi connectivity index (χ1) is 7.70. The van der Waals surface area contributed by atoms with Gasteiger partial charge in [-0.1, -0.05) is 12.1 Å². The lowest BCUT2D eigenvalue weighted by Gasteiger charge is -2.15. The quantitative estimate of drug-likeness (QED) is 0.673. The van der Waals surface area contributed by atoms with Gasteiger partial charge in [-0.05, 0) is 49.0 Å². The summed E-state index contributed by atoms with van der Waals surface area (Å²) in [5.41, 5.74) is 10.8. The second-order valence-corrected chi connectivity index (χ2v) is 4.71. The van der Waals surface area contributed by atoms with E-state index < -0.39 is 0 Å². The fourth-order valence-corrected chi connectivity index (χ4v) is 2.91. The maximum Gasteiger partial charge on any atom is 0.171 e. The van der Waals surface area contributed by atoms with Crippen LogP contribution in [-0.4, -0.2) is 5.78 Å². The summed E-state index contributed by atoms with van der Waals surface area (Å²) in [7, 11) is 0. The molecule has 0 amide bonds. The number of hydrogen-bond acceptors (Lipinski definition) is 2. The maximum atomic E-state index is 12.3. The number of anilines is 1. The van der Waals surface area contributed by atoms with Crippen LogP contribution >= 0.6 is 0 Å². The van der Waals surface area contributed by atoms with Crippen LogP contribution < -0.4 is 5.73 Å². The van der Waals surface area contributed by atoms with Crippen LogP contribution in [-0.2, 0) is 0 Å². The number of rotatable bonds is 0. The highest BCUT2D eigenvalue weighted by Crippen LogP contribution is 2.44. The zero-order valence-corrected chi connectivity index (χ0v) is 9.42. The predicted molar refractivity (Wildman–Crippen MR) is 65.2 cm³/mol. The van der Waals surface area contributed by atoms with Crippen LogP contribution in [0, 0.1) is 12.8 Å². The summed E-state index contributed by atoms with van der Waals surface area (Å²) >= 11 is 0. The fraction of sp³-hybridized carbons (Fsp3) is 0.357. The molecule has 0 saturated carbocycles. The molecule has 1 unspecified atom stereocenters. The molecule has 2 nitrogen and oxygen atoms in total. The van der Waals surface area contributed by atoms with E-state index in [0.717, 1.165) is 41.6 Å². The molecule has 0 aliphatic heterocycles. The average molecular weight is 213 g/mol. The van der Waals surface area contributed by atoms with Gasteiger partial charge < -0.3 is 5.73 Å². The van der Waals surface area contributed by atoms with Gasteiger partial charge in [0.05, 0.1) is 0 Å². The van der Waals surface area contributed by atoms with E-state index in [1.807, 2.05) is 19.1 Å². The van der Waals surface area contributed by atoms with E-state index in [0.29, 0.717) is 0 Å². The average Bonchev–Trinajstić information content (AvgIpc) is 2.59. The van der Waals surface area contributed by atoms with E-state index in [1.165, 1.54) is 5.57 Å². The molecule has 0 heterocycles. The highest BCUT2D eigenvalue weighted by molar-refractivity contribution is 6.15. The number of carbonyl (C=O) groups is 1. The Labute approximate surface area is 95.2 Å². The largest absolute Gasteiger partial charge is 0.398 e. The van der Waals surface area contributed by atoms with Crippen LogP contribution in [0.25, 0.3) is 5.57 Å². The molecule has 0 aromatic heterocycles. The monoisotopic (exact) mass is 213 g/mol. The fourth-order valence-electron chi connectivity index (χ4n) is 2.91. The summed E-state index contributed by atoms with van der Waals surface area (Å²) in [6.45, 7) is 1.95. The molecule has 0 fully saturated rings. The minimum absolute atomic E-state index is 0.115. The third-order valence-electron chi connectivity index (χ3n) is 3.82. The molecule has 3 rings (SSSR count). The lowest BCUT2D eigenvalue weighted by molar-refractivity contribution is 0.0951. The Bertz CT molecular complexity index is 514. The molecule has 0 spiro atoms. The van der Waals surface area contributed by atoms with Gasteiger partial charge >= 0.3 is 0 Å². The molecule has 0 saturated heterocycles. The summed E-state index contributed by atoms with van der Waals surface area (Å²) in [5, 5.41) is 0. The lowest BCUT2D eigenvalue weighted by atomic mass is 9.88. The van der Waals surface area contributed by atoms with Crippen molar-refractivity contribution in [2.75, 3.05) is 5.73 Å². The molecule has 0 bridgehead atoms. The molecule has 2 heteroatoms. The van der Waals surface area contributed by atoms with E-state index in [-0.39, 0.29) is 11.7 Å². The summed E-state index contributed by atoms with van der Waals surface area (Å²) in [6.07, 6.45) is 5.45. The van der Waals surface area contributed by atoms with E-state index in [4.69, 9.17) is 5.73 Å². The van der Waals surface area contributed by atoms with E-state index in [1.54, 1.807) is 0 Å². The second kappa shape index (κ2) is 3.21. The summed E-state index contributed by atoms with van der Waals surface area (Å²) in [5.74, 6) is 0.398. The van der Waals surface area contributed by atoms with Gasteiger partial charge in [-0.3, -0.25) is 4.79 Å². The summed E-state index contributed by atoms with van der Waals surface area (Å²) < 4.78 is 0. The van der Waals surface area contributed by atoms with Crippen molar-refractivity contribution in [1.82, 2.24) is 0 Å². The molecular weight excluding hydrogens is 198 g/mol. The molecule has 2 aliphatic rings. The molecule has 1 aromatic rings. The maximum absolute atomic E-state index is 12.3. The van der Waals surface area contributed by atoms with Gasteiger partial charge in [0.2, 0.25) is 0 Å². The van der Waals surface area contributed by atoms with E-state index in [9.17, 15) is 4.79 Å². The van der Waals surface area contributed by atoms with Crippen molar-refractivity contribution in [3.05, 3.63) is 34.9 Å². The molecule has 0 radical (unpaired) electrons. The molecule has 1 aromatic carbocycles. The Balaban J connectivity index is 2.27. The van der Waals surface area contributed by atoms with Crippen LogP contribution in [0.1, 0.15) is 40.7 Å². The van der Waals surface area contributed by atoms with Crippen LogP contribution in [0.2, 0.25) is 0 Å². The molecule has 82 valence electrons. The van der Waals surface area contributed by atoms with Crippen LogP contribution in [0.15, 0.2) is 18.2 Å². The van der Waals surface area contributed by atoms with Gasteiger partial charge in [-0.2, -0.15) is 0 Å². The van der Waals surface area contributed by atoms with Crippen molar-refractivity contribution in [3.63, 3.8) is 0 Å². The number of carbonyl (C=O) groups excluding carboxylic acids is 1. The number of fused-ring (bicyclic) bond motifs is 3. The number of hydrogen-bond donors (Lipinski definition) is 1. The van der Waals surface area contributed by atoms with Gasteiger partial charge in [0.15, 0.2) is 5.78 Å². The Morgan fingerprint density at radius 1 is 1.38 bits per heavy atom. The number of Topliss-reactive ketones (excluding diaryl/α,β-unsaturated/α-hetero) is 1. The van der Waals surface area contributed by atoms with Gasteiger partial charge in [0, 0.05) is 17.2 Å². The number of benzene rings is 1. The topological polar surface area (TPSA) is 43.1 Å². The van der Waals surface area contributed by atoms with E-state index in [2.05, 4.69) is 6.08 Å². The zero-order valence-electron chi connectivity index (χ0n) is 9.42. The first-order valence-electron chi connectivity index (χ1n) is 5.84. The SMILES string of the molecule is Cc1c(N)ccc2c1C(=O)C1CCCC=C21. The van der Waals surface area contributed by atoms with Crippen molar-refractivity contribution in [3.8, 4) is 0 Å². The molecule has 2 N–H and O–H groups in total. The molecule has 1 atom stereocenters. The van der Waals surface area contributed by atoms with Gasteiger partial charge in [0.1, 0.15) is 0 Å². The third kappa shape index (κ3) is 1.10. The van der Waals surface area contributed by atoms with Gasteiger partial charge in [-0.25, -0.2) is 0 Å². The highest BCUT2D eigenvalue weighted by Gasteiger charge is 2.37. The Morgan fingerprint density at radius 2 is 2.19 bits per heavy atom. The number of allylic oxidation sites excluding steroid dienone is 2.